The number of esters is 1. The lowest BCUT2D eigenvalue weighted by molar-refractivity contribution is -0.149. The van der Waals surface area contributed by atoms with Crippen LogP contribution in [0.15, 0.2) is 17.5 Å². The summed E-state index contributed by atoms with van der Waals surface area (Å²) in [6, 6.07) is 4.14. The molecular weight excluding hydrogens is 234 g/mol. The summed E-state index contributed by atoms with van der Waals surface area (Å²) in [6.45, 7) is 4.30. The molecule has 0 saturated heterocycles. The third kappa shape index (κ3) is 5.84. The van der Waals surface area contributed by atoms with Gasteiger partial charge in [0.1, 0.15) is 6.61 Å². The molecule has 1 rings (SSSR count). The molecule has 0 radical (unpaired) electrons. The Hall–Kier alpha value is -0.870. The second kappa shape index (κ2) is 7.45. The molecule has 4 heteroatoms. The zero-order valence-corrected chi connectivity index (χ0v) is 11.3. The topological polar surface area (TPSA) is 52.3 Å². The van der Waals surface area contributed by atoms with Crippen molar-refractivity contribution in [3.05, 3.63) is 22.4 Å². The lowest BCUT2D eigenvalue weighted by Gasteiger charge is -2.11. The van der Waals surface area contributed by atoms with Crippen LogP contribution in [0, 0.1) is 5.92 Å². The number of carbonyl (C=O) groups excluding carboxylic acids is 1. The van der Waals surface area contributed by atoms with Crippen LogP contribution >= 0.6 is 11.3 Å². The van der Waals surface area contributed by atoms with Crippen LogP contribution in [0.3, 0.4) is 0 Å². The van der Waals surface area contributed by atoms with Crippen molar-refractivity contribution in [2.45, 2.75) is 45.8 Å². The summed E-state index contributed by atoms with van der Waals surface area (Å²) in [5.74, 6) is -0.142. The summed E-state index contributed by atoms with van der Waals surface area (Å²) in [5.41, 5.74) is 5.66. The van der Waals surface area contributed by atoms with E-state index in [4.69, 9.17) is 10.5 Å². The van der Waals surface area contributed by atoms with Crippen molar-refractivity contribution in [1.29, 1.82) is 0 Å². The average molecular weight is 255 g/mol. The Morgan fingerprint density at radius 1 is 1.47 bits per heavy atom. The first-order chi connectivity index (χ1) is 8.09. The van der Waals surface area contributed by atoms with Gasteiger partial charge in [-0.2, -0.15) is 0 Å². The van der Waals surface area contributed by atoms with Crippen LogP contribution in [-0.2, 0) is 16.1 Å². The summed E-state index contributed by atoms with van der Waals surface area (Å²) in [5, 5.41) is 1.98. The number of hydrogen-bond donors (Lipinski definition) is 1. The van der Waals surface area contributed by atoms with Gasteiger partial charge in [-0.1, -0.05) is 19.4 Å². The molecule has 0 aliphatic heterocycles. The van der Waals surface area contributed by atoms with E-state index < -0.39 is 0 Å². The lowest BCUT2D eigenvalue weighted by Crippen LogP contribution is -2.17. The van der Waals surface area contributed by atoms with E-state index in [1.54, 1.807) is 11.3 Å². The molecule has 1 aromatic heterocycles. The van der Waals surface area contributed by atoms with Crippen molar-refractivity contribution in [2.75, 3.05) is 0 Å². The van der Waals surface area contributed by atoms with E-state index in [2.05, 4.69) is 0 Å². The number of nitrogens with two attached hydrogens (primary N) is 1. The summed E-state index contributed by atoms with van der Waals surface area (Å²) in [7, 11) is 0. The summed E-state index contributed by atoms with van der Waals surface area (Å²) < 4.78 is 5.25. The van der Waals surface area contributed by atoms with Crippen LogP contribution in [0.4, 0.5) is 0 Å². The van der Waals surface area contributed by atoms with Gasteiger partial charge in [0.15, 0.2) is 0 Å². The highest BCUT2D eigenvalue weighted by molar-refractivity contribution is 7.09. The zero-order valence-electron chi connectivity index (χ0n) is 10.5. The predicted octanol–water partition coefficient (Wildman–Crippen LogP) is 2.94. The van der Waals surface area contributed by atoms with Gasteiger partial charge in [-0.25, -0.2) is 0 Å². The van der Waals surface area contributed by atoms with Crippen LogP contribution in [0.1, 0.15) is 38.0 Å². The summed E-state index contributed by atoms with van der Waals surface area (Å²) in [6.07, 6.45) is 2.79. The quantitative estimate of drug-likeness (QED) is 0.762. The Balaban J connectivity index is 2.18. The molecule has 3 nitrogen and oxygen atoms in total. The first-order valence-electron chi connectivity index (χ1n) is 6.04. The first kappa shape index (κ1) is 14.2. The SMILES string of the molecule is CC(N)CCCC(C)C(=O)OCc1cccs1. The minimum Gasteiger partial charge on any atom is -0.460 e. The van der Waals surface area contributed by atoms with Gasteiger partial charge in [-0.05, 0) is 31.2 Å². The van der Waals surface area contributed by atoms with E-state index in [9.17, 15) is 4.79 Å². The van der Waals surface area contributed by atoms with Crippen molar-refractivity contribution in [1.82, 2.24) is 0 Å². The maximum absolute atomic E-state index is 11.7. The van der Waals surface area contributed by atoms with Gasteiger partial charge in [0.2, 0.25) is 0 Å². The number of thiophene rings is 1. The van der Waals surface area contributed by atoms with Gasteiger partial charge in [-0.15, -0.1) is 11.3 Å². The van der Waals surface area contributed by atoms with Crippen molar-refractivity contribution >= 4 is 17.3 Å². The standard InChI is InChI=1S/C13H21NO2S/c1-10(5-3-6-11(2)14)13(15)16-9-12-7-4-8-17-12/h4,7-8,10-11H,3,5-6,9,14H2,1-2H3. The summed E-state index contributed by atoms with van der Waals surface area (Å²) in [4.78, 5) is 12.7. The molecule has 0 spiro atoms. The fourth-order valence-electron chi connectivity index (χ4n) is 1.54. The van der Waals surface area contributed by atoms with Crippen LogP contribution in [0.25, 0.3) is 0 Å². The normalized spacial score (nSPS) is 14.3. The molecule has 17 heavy (non-hydrogen) atoms. The van der Waals surface area contributed by atoms with Crippen molar-refractivity contribution in [2.24, 2.45) is 11.7 Å². The molecule has 0 aliphatic carbocycles. The van der Waals surface area contributed by atoms with Crippen molar-refractivity contribution < 1.29 is 9.53 Å². The molecule has 1 aromatic rings. The fraction of sp³-hybridized carbons (Fsp3) is 0.615. The highest BCUT2D eigenvalue weighted by Gasteiger charge is 2.14. The molecule has 0 fully saturated rings. The Kier molecular flexibility index (Phi) is 6.22. The van der Waals surface area contributed by atoms with Gasteiger partial charge in [0.25, 0.3) is 0 Å². The molecule has 1 heterocycles. The third-order valence-electron chi connectivity index (χ3n) is 2.64. The second-order valence-corrected chi connectivity index (χ2v) is 5.53. The van der Waals surface area contributed by atoms with E-state index >= 15 is 0 Å². The van der Waals surface area contributed by atoms with Gasteiger partial charge in [0, 0.05) is 10.9 Å². The molecule has 0 saturated carbocycles. The van der Waals surface area contributed by atoms with E-state index in [1.807, 2.05) is 31.4 Å². The van der Waals surface area contributed by atoms with Crippen LogP contribution in [0.2, 0.25) is 0 Å². The van der Waals surface area contributed by atoms with E-state index in [1.165, 1.54) is 0 Å². The number of carbonyl (C=O) groups is 1. The van der Waals surface area contributed by atoms with Gasteiger partial charge in [-0.3, -0.25) is 4.79 Å². The molecule has 2 unspecified atom stereocenters. The zero-order chi connectivity index (χ0) is 12.7. The average Bonchev–Trinajstić information content (AvgIpc) is 2.78. The number of hydrogen-bond acceptors (Lipinski definition) is 4. The van der Waals surface area contributed by atoms with Crippen LogP contribution in [0.5, 0.6) is 0 Å². The third-order valence-corrected chi connectivity index (χ3v) is 3.49. The second-order valence-electron chi connectivity index (χ2n) is 4.50. The highest BCUT2D eigenvalue weighted by atomic mass is 32.1. The van der Waals surface area contributed by atoms with Gasteiger partial charge < -0.3 is 10.5 Å². The van der Waals surface area contributed by atoms with Crippen LogP contribution in [-0.4, -0.2) is 12.0 Å². The highest BCUT2D eigenvalue weighted by Crippen LogP contribution is 2.14. The maximum Gasteiger partial charge on any atom is 0.309 e. The number of rotatable bonds is 7. The summed E-state index contributed by atoms with van der Waals surface area (Å²) >= 11 is 1.60. The predicted molar refractivity (Wildman–Crippen MR) is 70.8 cm³/mol. The van der Waals surface area contributed by atoms with E-state index in [0.29, 0.717) is 6.61 Å². The van der Waals surface area contributed by atoms with E-state index in [0.717, 1.165) is 24.1 Å². The van der Waals surface area contributed by atoms with Crippen LogP contribution < -0.4 is 5.73 Å². The largest absolute Gasteiger partial charge is 0.460 e. The maximum atomic E-state index is 11.7. The minimum absolute atomic E-state index is 0.0336. The van der Waals surface area contributed by atoms with Crippen molar-refractivity contribution in [3.63, 3.8) is 0 Å². The molecule has 0 bridgehead atoms. The molecule has 0 aromatic carbocycles. The Labute approximate surface area is 107 Å². The number of ether oxygens (including phenoxy) is 1. The van der Waals surface area contributed by atoms with Gasteiger partial charge in [0.05, 0.1) is 5.92 Å². The minimum atomic E-state index is -0.108. The first-order valence-corrected chi connectivity index (χ1v) is 6.92. The Morgan fingerprint density at radius 3 is 2.82 bits per heavy atom. The van der Waals surface area contributed by atoms with E-state index in [-0.39, 0.29) is 17.9 Å². The smallest absolute Gasteiger partial charge is 0.309 e. The molecule has 0 aliphatic rings. The lowest BCUT2D eigenvalue weighted by atomic mass is 10.0. The molecule has 0 amide bonds. The molecule has 2 atom stereocenters. The molecule has 96 valence electrons. The van der Waals surface area contributed by atoms with Gasteiger partial charge >= 0.3 is 5.97 Å². The fourth-order valence-corrected chi connectivity index (χ4v) is 2.16. The monoisotopic (exact) mass is 255 g/mol. The Bertz CT molecular complexity index is 322. The molecule has 2 N–H and O–H groups in total. The molecular formula is C13H21NO2S. The Morgan fingerprint density at radius 2 is 2.24 bits per heavy atom. The van der Waals surface area contributed by atoms with Crippen molar-refractivity contribution in [3.8, 4) is 0 Å².